The van der Waals surface area contributed by atoms with Crippen molar-refractivity contribution >= 4 is 11.0 Å². The van der Waals surface area contributed by atoms with Crippen molar-refractivity contribution in [3.63, 3.8) is 0 Å². The zero-order chi connectivity index (χ0) is 9.54. The first-order valence-corrected chi connectivity index (χ1v) is 4.97. The number of aromatic nitrogens is 2. The van der Waals surface area contributed by atoms with Gasteiger partial charge in [0.15, 0.2) is 0 Å². The molecule has 3 nitrogen and oxygen atoms in total. The highest BCUT2D eigenvalue weighted by atomic mass is 16.3. The molecule has 0 bridgehead atoms. The largest absolute Gasteiger partial charge is 0.391 e. The summed E-state index contributed by atoms with van der Waals surface area (Å²) in [5.41, 5.74) is 2.18. The van der Waals surface area contributed by atoms with Crippen LogP contribution in [0.15, 0.2) is 24.3 Å². The van der Waals surface area contributed by atoms with E-state index in [-0.39, 0.29) is 6.10 Å². The van der Waals surface area contributed by atoms with Crippen molar-refractivity contribution in [2.24, 2.45) is 0 Å². The summed E-state index contributed by atoms with van der Waals surface area (Å²) in [6, 6.07) is 8.09. The van der Waals surface area contributed by atoms with Crippen molar-refractivity contribution in [2.45, 2.75) is 25.5 Å². The van der Waals surface area contributed by atoms with E-state index in [0.29, 0.717) is 6.54 Å². The number of aliphatic hydroxyl groups is 1. The van der Waals surface area contributed by atoms with E-state index in [1.807, 2.05) is 18.2 Å². The minimum absolute atomic E-state index is 0.208. The van der Waals surface area contributed by atoms with Gasteiger partial charge in [-0.25, -0.2) is 4.98 Å². The zero-order valence-corrected chi connectivity index (χ0v) is 7.85. The summed E-state index contributed by atoms with van der Waals surface area (Å²) >= 11 is 0. The molecule has 1 aliphatic heterocycles. The van der Waals surface area contributed by atoms with Crippen LogP contribution in [0.2, 0.25) is 0 Å². The lowest BCUT2D eigenvalue weighted by molar-refractivity contribution is 0.132. The Bertz CT molecular complexity index is 475. The van der Waals surface area contributed by atoms with Gasteiger partial charge in [0.05, 0.1) is 23.7 Å². The Morgan fingerprint density at radius 2 is 2.21 bits per heavy atom. The van der Waals surface area contributed by atoms with E-state index in [9.17, 15) is 5.11 Å². The van der Waals surface area contributed by atoms with Crippen LogP contribution in [0.25, 0.3) is 11.0 Å². The van der Waals surface area contributed by atoms with Gasteiger partial charge in [-0.15, -0.1) is 0 Å². The second kappa shape index (κ2) is 2.82. The Balaban J connectivity index is 2.25. The lowest BCUT2D eigenvalue weighted by Gasteiger charge is -2.19. The summed E-state index contributed by atoms with van der Waals surface area (Å²) in [5, 5.41) is 9.59. The number of imidazole rings is 1. The molecule has 1 aromatic heterocycles. The molecule has 0 aliphatic carbocycles. The van der Waals surface area contributed by atoms with Gasteiger partial charge >= 0.3 is 0 Å². The molecule has 1 aromatic carbocycles. The van der Waals surface area contributed by atoms with Gasteiger partial charge in [-0.2, -0.15) is 0 Å². The van der Waals surface area contributed by atoms with Gasteiger partial charge in [0.25, 0.3) is 0 Å². The lowest BCUT2D eigenvalue weighted by atomic mass is 10.1. The van der Waals surface area contributed by atoms with E-state index in [2.05, 4.69) is 15.6 Å². The first kappa shape index (κ1) is 8.00. The number of aryl methyl sites for hydroxylation is 1. The number of benzene rings is 1. The maximum Gasteiger partial charge on any atom is 0.110 e. The van der Waals surface area contributed by atoms with Crippen LogP contribution < -0.4 is 0 Å². The Hall–Kier alpha value is -1.35. The Morgan fingerprint density at radius 1 is 1.36 bits per heavy atom. The Labute approximate surface area is 82.0 Å². The molecule has 1 N–H and O–H groups in total. The van der Waals surface area contributed by atoms with E-state index < -0.39 is 0 Å². The van der Waals surface area contributed by atoms with Crippen molar-refractivity contribution in [1.29, 1.82) is 0 Å². The van der Waals surface area contributed by atoms with Crippen LogP contribution in [0, 0.1) is 0 Å². The van der Waals surface area contributed by atoms with Gasteiger partial charge in [0.2, 0.25) is 0 Å². The minimum atomic E-state index is -0.208. The molecule has 2 heterocycles. The SMILES string of the molecule is OC1CCc2nc3ccccc3n2C1. The molecule has 0 fully saturated rings. The molecule has 0 saturated carbocycles. The highest BCUT2D eigenvalue weighted by Crippen LogP contribution is 2.21. The first-order valence-electron chi connectivity index (χ1n) is 4.97. The lowest BCUT2D eigenvalue weighted by Crippen LogP contribution is -2.24. The van der Waals surface area contributed by atoms with E-state index in [4.69, 9.17) is 0 Å². The monoisotopic (exact) mass is 188 g/mol. The number of hydrogen-bond acceptors (Lipinski definition) is 2. The molecule has 1 aliphatic rings. The second-order valence-corrected chi connectivity index (χ2v) is 3.82. The smallest absolute Gasteiger partial charge is 0.110 e. The molecule has 3 rings (SSSR count). The predicted octanol–water partition coefficient (Wildman–Crippen LogP) is 1.34. The van der Waals surface area contributed by atoms with Crippen molar-refractivity contribution < 1.29 is 5.11 Å². The van der Waals surface area contributed by atoms with Crippen LogP contribution in [0.3, 0.4) is 0 Å². The molecular weight excluding hydrogens is 176 g/mol. The normalized spacial score (nSPS) is 21.1. The maximum absolute atomic E-state index is 9.59. The van der Waals surface area contributed by atoms with Crippen LogP contribution in [0.4, 0.5) is 0 Å². The standard InChI is InChI=1S/C11H12N2O/c14-8-5-6-11-12-9-3-1-2-4-10(9)13(11)7-8/h1-4,8,14H,5-7H2. The second-order valence-electron chi connectivity index (χ2n) is 3.82. The minimum Gasteiger partial charge on any atom is -0.391 e. The number of aliphatic hydroxyl groups excluding tert-OH is 1. The maximum atomic E-state index is 9.59. The molecule has 72 valence electrons. The molecule has 0 amide bonds. The average molecular weight is 188 g/mol. The van der Waals surface area contributed by atoms with E-state index in [1.54, 1.807) is 0 Å². The third-order valence-electron chi connectivity index (χ3n) is 2.83. The van der Waals surface area contributed by atoms with E-state index >= 15 is 0 Å². The number of hydrogen-bond donors (Lipinski definition) is 1. The van der Waals surface area contributed by atoms with Crippen molar-refractivity contribution in [3.05, 3.63) is 30.1 Å². The van der Waals surface area contributed by atoms with Crippen LogP contribution in [0.5, 0.6) is 0 Å². The van der Waals surface area contributed by atoms with Crippen LogP contribution >= 0.6 is 0 Å². The summed E-state index contributed by atoms with van der Waals surface area (Å²) in [7, 11) is 0. The molecular formula is C11H12N2O. The van der Waals surface area contributed by atoms with E-state index in [1.165, 1.54) is 0 Å². The van der Waals surface area contributed by atoms with Gasteiger partial charge in [0.1, 0.15) is 5.82 Å². The summed E-state index contributed by atoms with van der Waals surface area (Å²) in [6.07, 6.45) is 1.51. The highest BCUT2D eigenvalue weighted by Gasteiger charge is 2.19. The van der Waals surface area contributed by atoms with Gasteiger partial charge in [0, 0.05) is 6.42 Å². The number of rotatable bonds is 0. The van der Waals surface area contributed by atoms with Crippen molar-refractivity contribution in [1.82, 2.24) is 9.55 Å². The Kier molecular flexibility index (Phi) is 1.61. The van der Waals surface area contributed by atoms with E-state index in [0.717, 1.165) is 29.7 Å². The summed E-state index contributed by atoms with van der Waals surface area (Å²) in [5.74, 6) is 1.11. The fourth-order valence-electron chi connectivity index (χ4n) is 2.12. The first-order chi connectivity index (χ1) is 6.84. The number of para-hydroxylation sites is 2. The van der Waals surface area contributed by atoms with Crippen LogP contribution in [-0.4, -0.2) is 20.8 Å². The van der Waals surface area contributed by atoms with Crippen molar-refractivity contribution in [2.75, 3.05) is 0 Å². The molecule has 3 heteroatoms. The highest BCUT2D eigenvalue weighted by molar-refractivity contribution is 5.76. The van der Waals surface area contributed by atoms with Gasteiger partial charge < -0.3 is 9.67 Å². The topological polar surface area (TPSA) is 38.1 Å². The summed E-state index contributed by atoms with van der Waals surface area (Å²) < 4.78 is 2.13. The number of nitrogens with zero attached hydrogens (tertiary/aromatic N) is 2. The molecule has 0 spiro atoms. The zero-order valence-electron chi connectivity index (χ0n) is 7.85. The van der Waals surface area contributed by atoms with Crippen LogP contribution in [-0.2, 0) is 13.0 Å². The fraction of sp³-hybridized carbons (Fsp3) is 0.364. The molecule has 0 saturated heterocycles. The summed E-state index contributed by atoms with van der Waals surface area (Å²) in [4.78, 5) is 4.54. The van der Waals surface area contributed by atoms with Gasteiger partial charge in [-0.1, -0.05) is 12.1 Å². The fourth-order valence-corrected chi connectivity index (χ4v) is 2.12. The third-order valence-corrected chi connectivity index (χ3v) is 2.83. The molecule has 1 atom stereocenters. The summed E-state index contributed by atoms with van der Waals surface area (Å²) in [6.45, 7) is 0.690. The predicted molar refractivity (Wildman–Crippen MR) is 54.1 cm³/mol. The Morgan fingerprint density at radius 3 is 3.14 bits per heavy atom. The molecule has 1 unspecified atom stereocenters. The molecule has 2 aromatic rings. The molecule has 14 heavy (non-hydrogen) atoms. The number of fused-ring (bicyclic) bond motifs is 3. The van der Waals surface area contributed by atoms with Gasteiger partial charge in [-0.3, -0.25) is 0 Å². The molecule has 0 radical (unpaired) electrons. The van der Waals surface area contributed by atoms with Gasteiger partial charge in [-0.05, 0) is 18.6 Å². The average Bonchev–Trinajstić information content (AvgIpc) is 2.56. The third kappa shape index (κ3) is 1.06. The van der Waals surface area contributed by atoms with Crippen molar-refractivity contribution in [3.8, 4) is 0 Å². The van der Waals surface area contributed by atoms with Crippen LogP contribution in [0.1, 0.15) is 12.2 Å². The quantitative estimate of drug-likeness (QED) is 0.677.